The number of esters is 1. The summed E-state index contributed by atoms with van der Waals surface area (Å²) >= 11 is 0. The van der Waals surface area contributed by atoms with Gasteiger partial charge in [0.25, 0.3) is 5.91 Å². The molecular formula is C22H33NO5. The van der Waals surface area contributed by atoms with Gasteiger partial charge in [-0.05, 0) is 56.2 Å². The second-order valence-electron chi connectivity index (χ2n) is 7.55. The van der Waals surface area contributed by atoms with Crippen LogP contribution in [0.4, 0.5) is 5.69 Å². The molecule has 0 aliphatic heterocycles. The van der Waals surface area contributed by atoms with Crippen LogP contribution in [-0.2, 0) is 14.3 Å². The highest BCUT2D eigenvalue weighted by Gasteiger charge is 2.42. The molecule has 0 saturated heterocycles. The van der Waals surface area contributed by atoms with Gasteiger partial charge >= 0.3 is 5.97 Å². The lowest BCUT2D eigenvalue weighted by Gasteiger charge is -2.38. The van der Waals surface area contributed by atoms with E-state index in [1.54, 1.807) is 18.2 Å². The zero-order valence-corrected chi connectivity index (χ0v) is 17.5. The van der Waals surface area contributed by atoms with Gasteiger partial charge in [0.1, 0.15) is 16.9 Å². The predicted octanol–water partition coefficient (Wildman–Crippen LogP) is 4.58. The molecule has 6 heteroatoms. The summed E-state index contributed by atoms with van der Waals surface area (Å²) in [6.07, 6.45) is 5.19. The molecule has 0 aromatic heterocycles. The number of hydrogen-bond acceptors (Lipinski definition) is 5. The van der Waals surface area contributed by atoms with E-state index in [4.69, 9.17) is 14.2 Å². The molecule has 0 bridgehead atoms. The van der Waals surface area contributed by atoms with Crippen LogP contribution in [0, 0.1) is 5.92 Å². The quantitative estimate of drug-likeness (QED) is 0.624. The Morgan fingerprint density at radius 2 is 1.96 bits per heavy atom. The van der Waals surface area contributed by atoms with Crippen LogP contribution >= 0.6 is 0 Å². The van der Waals surface area contributed by atoms with E-state index < -0.39 is 11.6 Å². The SMILES string of the molecule is CCCOc1ccc(NC(=O)[C@]2(OCCC)CCC[C@H](C)C2)cc1C(=O)OC. The molecule has 0 radical (unpaired) electrons. The van der Waals surface area contributed by atoms with E-state index in [0.29, 0.717) is 49.0 Å². The highest BCUT2D eigenvalue weighted by Crippen LogP contribution is 2.36. The lowest BCUT2D eigenvalue weighted by Crippen LogP contribution is -2.48. The Hall–Kier alpha value is -2.08. The standard InChI is InChI=1S/C22H33NO5/c1-5-12-27-19-10-9-17(14-18(19)20(24)26-4)23-21(25)22(28-13-6-2)11-7-8-16(3)15-22/h9-10,14,16H,5-8,11-13,15H2,1-4H3,(H,23,25)/t16-,22-/m0/s1. The Balaban J connectivity index is 2.24. The summed E-state index contributed by atoms with van der Waals surface area (Å²) in [7, 11) is 1.33. The molecule has 1 N–H and O–H groups in total. The van der Waals surface area contributed by atoms with Gasteiger partial charge in [-0.2, -0.15) is 0 Å². The Kier molecular flexibility index (Phi) is 8.30. The van der Waals surface area contributed by atoms with E-state index in [1.807, 2.05) is 13.8 Å². The van der Waals surface area contributed by atoms with Crippen molar-refractivity contribution in [3.63, 3.8) is 0 Å². The summed E-state index contributed by atoms with van der Waals surface area (Å²) in [6, 6.07) is 5.05. The minimum atomic E-state index is -0.809. The van der Waals surface area contributed by atoms with Crippen molar-refractivity contribution in [3.8, 4) is 5.75 Å². The van der Waals surface area contributed by atoms with Crippen molar-refractivity contribution >= 4 is 17.6 Å². The summed E-state index contributed by atoms with van der Waals surface area (Å²) in [6.45, 7) is 7.24. The number of ether oxygens (including phenoxy) is 3. The van der Waals surface area contributed by atoms with Crippen molar-refractivity contribution in [1.82, 2.24) is 0 Å². The maximum atomic E-state index is 13.2. The number of carbonyl (C=O) groups is 2. The number of hydrogen-bond donors (Lipinski definition) is 1. The highest BCUT2D eigenvalue weighted by atomic mass is 16.5. The second kappa shape index (κ2) is 10.5. The first-order valence-corrected chi connectivity index (χ1v) is 10.3. The molecule has 1 aliphatic rings. The first kappa shape index (κ1) is 22.2. The zero-order chi connectivity index (χ0) is 20.6. The van der Waals surface area contributed by atoms with Gasteiger partial charge in [0, 0.05) is 12.3 Å². The highest BCUT2D eigenvalue weighted by molar-refractivity contribution is 5.99. The van der Waals surface area contributed by atoms with Crippen molar-refractivity contribution in [2.24, 2.45) is 5.92 Å². The third-order valence-corrected chi connectivity index (χ3v) is 5.06. The first-order valence-electron chi connectivity index (χ1n) is 10.3. The van der Waals surface area contributed by atoms with Crippen LogP contribution in [0.5, 0.6) is 5.75 Å². The van der Waals surface area contributed by atoms with E-state index in [9.17, 15) is 9.59 Å². The van der Waals surface area contributed by atoms with Crippen molar-refractivity contribution in [2.45, 2.75) is 64.9 Å². The third kappa shape index (κ3) is 5.47. The topological polar surface area (TPSA) is 73.9 Å². The van der Waals surface area contributed by atoms with Crippen molar-refractivity contribution in [3.05, 3.63) is 23.8 Å². The Bertz CT molecular complexity index is 675. The number of benzene rings is 1. The molecule has 2 atom stereocenters. The van der Waals surface area contributed by atoms with Crippen LogP contribution in [0.2, 0.25) is 0 Å². The lowest BCUT2D eigenvalue weighted by atomic mass is 9.78. The Morgan fingerprint density at radius 3 is 2.61 bits per heavy atom. The zero-order valence-electron chi connectivity index (χ0n) is 17.5. The summed E-state index contributed by atoms with van der Waals surface area (Å²) in [5.41, 5.74) is 0.0254. The molecule has 6 nitrogen and oxygen atoms in total. The van der Waals surface area contributed by atoms with Gasteiger partial charge in [-0.1, -0.05) is 27.2 Å². The van der Waals surface area contributed by atoms with Gasteiger partial charge in [0.15, 0.2) is 0 Å². The number of methoxy groups -OCH3 is 1. The third-order valence-electron chi connectivity index (χ3n) is 5.06. The van der Waals surface area contributed by atoms with Crippen LogP contribution < -0.4 is 10.1 Å². The molecule has 1 fully saturated rings. The molecule has 1 aromatic carbocycles. The van der Waals surface area contributed by atoms with Gasteiger partial charge in [-0.15, -0.1) is 0 Å². The van der Waals surface area contributed by atoms with Gasteiger partial charge in [-0.3, -0.25) is 4.79 Å². The maximum absolute atomic E-state index is 13.2. The molecule has 2 rings (SSSR count). The summed E-state index contributed by atoms with van der Waals surface area (Å²) < 4.78 is 16.6. The summed E-state index contributed by atoms with van der Waals surface area (Å²) in [4.78, 5) is 25.3. The van der Waals surface area contributed by atoms with Crippen molar-refractivity contribution < 1.29 is 23.8 Å². The Labute approximate surface area is 167 Å². The predicted molar refractivity (Wildman–Crippen MR) is 109 cm³/mol. The largest absolute Gasteiger partial charge is 0.493 e. The van der Waals surface area contributed by atoms with Crippen molar-refractivity contribution in [2.75, 3.05) is 25.6 Å². The fraction of sp³-hybridized carbons (Fsp3) is 0.636. The number of nitrogens with one attached hydrogen (secondary N) is 1. The maximum Gasteiger partial charge on any atom is 0.341 e. The summed E-state index contributed by atoms with van der Waals surface area (Å²) in [5, 5.41) is 2.96. The smallest absolute Gasteiger partial charge is 0.341 e. The number of rotatable bonds is 9. The van der Waals surface area contributed by atoms with E-state index in [2.05, 4.69) is 12.2 Å². The first-order chi connectivity index (χ1) is 13.5. The molecule has 0 unspecified atom stereocenters. The van der Waals surface area contributed by atoms with Crippen LogP contribution in [0.15, 0.2) is 18.2 Å². The van der Waals surface area contributed by atoms with Crippen LogP contribution in [0.25, 0.3) is 0 Å². The average Bonchev–Trinajstić information content (AvgIpc) is 2.70. The fourth-order valence-electron chi connectivity index (χ4n) is 3.66. The van der Waals surface area contributed by atoms with Crippen LogP contribution in [0.1, 0.15) is 69.7 Å². The normalized spacial score (nSPS) is 21.8. The second-order valence-corrected chi connectivity index (χ2v) is 7.55. The number of carbonyl (C=O) groups excluding carboxylic acids is 2. The molecule has 0 spiro atoms. The molecule has 0 heterocycles. The molecule has 1 aliphatic carbocycles. The molecule has 1 saturated carbocycles. The minimum Gasteiger partial charge on any atom is -0.493 e. The van der Waals surface area contributed by atoms with Crippen molar-refractivity contribution in [1.29, 1.82) is 0 Å². The average molecular weight is 392 g/mol. The van der Waals surface area contributed by atoms with Gasteiger partial charge in [-0.25, -0.2) is 4.79 Å². The molecule has 1 amide bonds. The van der Waals surface area contributed by atoms with Crippen LogP contribution in [-0.4, -0.2) is 37.8 Å². The molecular weight excluding hydrogens is 358 g/mol. The van der Waals surface area contributed by atoms with Crippen LogP contribution in [0.3, 0.4) is 0 Å². The van der Waals surface area contributed by atoms with Gasteiger partial charge in [0.05, 0.1) is 13.7 Å². The van der Waals surface area contributed by atoms with Gasteiger partial charge in [0.2, 0.25) is 0 Å². The molecule has 28 heavy (non-hydrogen) atoms. The van der Waals surface area contributed by atoms with E-state index in [1.165, 1.54) is 7.11 Å². The number of anilines is 1. The summed E-state index contributed by atoms with van der Waals surface area (Å²) in [5.74, 6) is 0.248. The monoisotopic (exact) mass is 391 g/mol. The molecule has 1 aromatic rings. The Morgan fingerprint density at radius 1 is 1.21 bits per heavy atom. The fourth-order valence-corrected chi connectivity index (χ4v) is 3.66. The molecule has 156 valence electrons. The van der Waals surface area contributed by atoms with E-state index in [-0.39, 0.29) is 5.91 Å². The lowest BCUT2D eigenvalue weighted by molar-refractivity contribution is -0.148. The number of amides is 1. The minimum absolute atomic E-state index is 0.148. The van der Waals surface area contributed by atoms with E-state index in [0.717, 1.165) is 25.7 Å². The van der Waals surface area contributed by atoms with E-state index >= 15 is 0 Å². The van der Waals surface area contributed by atoms with Gasteiger partial charge < -0.3 is 19.5 Å².